The first kappa shape index (κ1) is 26.5. The van der Waals surface area contributed by atoms with Gasteiger partial charge in [-0.15, -0.1) is 0 Å². The number of benzene rings is 1. The molecule has 0 saturated heterocycles. The van der Waals surface area contributed by atoms with Crippen LogP contribution in [0.25, 0.3) is 0 Å². The predicted molar refractivity (Wildman–Crippen MR) is 122 cm³/mol. The molecular weight excluding hydrogens is 394 g/mol. The Hall–Kier alpha value is -2.57. The fourth-order valence-electron chi connectivity index (χ4n) is 3.19. The second kappa shape index (κ2) is 12.3. The molecule has 0 fully saturated rings. The molecule has 174 valence electrons. The lowest BCUT2D eigenvalue weighted by atomic mass is 9.99. The zero-order valence-corrected chi connectivity index (χ0v) is 20.0. The molecule has 0 aliphatic rings. The van der Waals surface area contributed by atoms with E-state index in [0.717, 1.165) is 18.4 Å². The van der Waals surface area contributed by atoms with Crippen molar-refractivity contribution in [2.75, 3.05) is 13.1 Å². The Morgan fingerprint density at radius 1 is 1.06 bits per heavy atom. The van der Waals surface area contributed by atoms with Gasteiger partial charge in [0.2, 0.25) is 11.8 Å². The topological polar surface area (TPSA) is 87.7 Å². The number of ether oxygens (including phenoxy) is 1. The van der Waals surface area contributed by atoms with Crippen molar-refractivity contribution in [1.29, 1.82) is 0 Å². The number of amides is 3. The Morgan fingerprint density at radius 3 is 2.16 bits per heavy atom. The van der Waals surface area contributed by atoms with Crippen LogP contribution in [0.4, 0.5) is 4.79 Å². The Balaban J connectivity index is 3.19. The van der Waals surface area contributed by atoms with Crippen LogP contribution >= 0.6 is 0 Å². The van der Waals surface area contributed by atoms with Gasteiger partial charge in [0.25, 0.3) is 0 Å². The van der Waals surface area contributed by atoms with Crippen molar-refractivity contribution >= 4 is 17.9 Å². The van der Waals surface area contributed by atoms with E-state index in [-0.39, 0.29) is 17.7 Å². The summed E-state index contributed by atoms with van der Waals surface area (Å²) in [5.74, 6) is -0.730. The number of hydrogen-bond donors (Lipinski definition) is 2. The van der Waals surface area contributed by atoms with Crippen LogP contribution in [0.5, 0.6) is 0 Å². The van der Waals surface area contributed by atoms with Gasteiger partial charge in [-0.1, -0.05) is 57.5 Å². The highest BCUT2D eigenvalue weighted by Gasteiger charge is 2.36. The molecule has 1 aromatic rings. The summed E-state index contributed by atoms with van der Waals surface area (Å²) in [6.07, 6.45) is 1.17. The van der Waals surface area contributed by atoms with Crippen LogP contribution in [0.3, 0.4) is 0 Å². The smallest absolute Gasteiger partial charge is 0.408 e. The number of rotatable bonds is 10. The lowest BCUT2D eigenvalue weighted by Crippen LogP contribution is -2.54. The fraction of sp³-hybridized carbons (Fsp3) is 0.625. The number of alkyl carbamates (subject to hydrolysis) is 1. The molecule has 1 aromatic carbocycles. The number of hydrogen-bond acceptors (Lipinski definition) is 4. The molecule has 31 heavy (non-hydrogen) atoms. The number of likely N-dealkylation sites (N-methyl/N-ethyl adjacent to an activating group) is 1. The SMILES string of the molecule is CCCCNC(=O)C(c1ccccc1)N(CC)C(=O)C(NC(=O)OC(C)(C)C)C(C)C. The third-order valence-electron chi connectivity index (χ3n) is 4.73. The summed E-state index contributed by atoms with van der Waals surface area (Å²) in [6.45, 7) is 13.8. The van der Waals surface area contributed by atoms with Crippen molar-refractivity contribution in [2.45, 2.75) is 79.0 Å². The Labute approximate surface area is 186 Å². The van der Waals surface area contributed by atoms with E-state index in [4.69, 9.17) is 4.74 Å². The molecule has 1 rings (SSSR count). The Morgan fingerprint density at radius 2 is 1.68 bits per heavy atom. The number of carbonyl (C=O) groups is 3. The molecule has 0 heterocycles. The van der Waals surface area contributed by atoms with Gasteiger partial charge in [-0.3, -0.25) is 9.59 Å². The van der Waals surface area contributed by atoms with E-state index in [1.54, 1.807) is 20.8 Å². The molecule has 0 aromatic heterocycles. The lowest BCUT2D eigenvalue weighted by Gasteiger charge is -2.35. The quantitative estimate of drug-likeness (QED) is 0.545. The monoisotopic (exact) mass is 433 g/mol. The van der Waals surface area contributed by atoms with E-state index in [9.17, 15) is 14.4 Å². The first-order valence-electron chi connectivity index (χ1n) is 11.1. The summed E-state index contributed by atoms with van der Waals surface area (Å²) < 4.78 is 5.34. The van der Waals surface area contributed by atoms with Crippen molar-refractivity contribution in [2.24, 2.45) is 5.92 Å². The van der Waals surface area contributed by atoms with Gasteiger partial charge < -0.3 is 20.3 Å². The average Bonchev–Trinajstić information content (AvgIpc) is 2.68. The van der Waals surface area contributed by atoms with E-state index >= 15 is 0 Å². The van der Waals surface area contributed by atoms with Gasteiger partial charge in [-0.2, -0.15) is 0 Å². The summed E-state index contributed by atoms with van der Waals surface area (Å²) in [7, 11) is 0. The highest BCUT2D eigenvalue weighted by atomic mass is 16.6. The van der Waals surface area contributed by atoms with Gasteiger partial charge in [0.05, 0.1) is 0 Å². The molecule has 2 N–H and O–H groups in total. The summed E-state index contributed by atoms with van der Waals surface area (Å²) in [5, 5.41) is 5.65. The maximum Gasteiger partial charge on any atom is 0.408 e. The minimum atomic E-state index is -0.815. The van der Waals surface area contributed by atoms with Gasteiger partial charge in [-0.05, 0) is 45.6 Å². The van der Waals surface area contributed by atoms with E-state index in [1.807, 2.05) is 51.1 Å². The zero-order chi connectivity index (χ0) is 23.6. The van der Waals surface area contributed by atoms with Gasteiger partial charge in [0, 0.05) is 13.1 Å². The molecule has 7 nitrogen and oxygen atoms in total. The molecule has 3 amide bonds. The first-order chi connectivity index (χ1) is 14.5. The largest absolute Gasteiger partial charge is 0.444 e. The van der Waals surface area contributed by atoms with Crippen molar-refractivity contribution in [3.8, 4) is 0 Å². The van der Waals surface area contributed by atoms with Crippen LogP contribution in [0.15, 0.2) is 30.3 Å². The minimum absolute atomic E-state index is 0.186. The lowest BCUT2D eigenvalue weighted by molar-refractivity contribution is -0.143. The van der Waals surface area contributed by atoms with Crippen molar-refractivity contribution in [3.05, 3.63) is 35.9 Å². The predicted octanol–water partition coefficient (Wildman–Crippen LogP) is 4.04. The molecule has 0 aliphatic heterocycles. The minimum Gasteiger partial charge on any atom is -0.444 e. The zero-order valence-electron chi connectivity index (χ0n) is 20.0. The van der Waals surface area contributed by atoms with Crippen molar-refractivity contribution < 1.29 is 19.1 Å². The Kier molecular flexibility index (Phi) is 10.5. The molecular formula is C24H39N3O4. The Bertz CT molecular complexity index is 713. The van der Waals surface area contributed by atoms with E-state index in [2.05, 4.69) is 17.6 Å². The number of unbranched alkanes of at least 4 members (excludes halogenated alkanes) is 1. The second-order valence-electron chi connectivity index (χ2n) is 8.95. The number of nitrogens with one attached hydrogen (secondary N) is 2. The molecule has 0 spiro atoms. The summed E-state index contributed by atoms with van der Waals surface area (Å²) in [5.41, 5.74) is 0.0525. The van der Waals surface area contributed by atoms with Gasteiger partial charge in [-0.25, -0.2) is 4.79 Å². The third-order valence-corrected chi connectivity index (χ3v) is 4.73. The average molecular weight is 434 g/mol. The maximum atomic E-state index is 13.5. The molecule has 0 radical (unpaired) electrons. The highest BCUT2D eigenvalue weighted by molar-refractivity contribution is 5.92. The van der Waals surface area contributed by atoms with E-state index in [1.165, 1.54) is 4.90 Å². The van der Waals surface area contributed by atoms with Gasteiger partial charge in [0.1, 0.15) is 17.7 Å². The standard InChI is InChI=1S/C24H39N3O4/c1-8-10-16-25-21(28)20(18-14-12-11-13-15-18)27(9-2)22(29)19(17(3)4)26-23(30)31-24(5,6)7/h11-15,17,19-20H,8-10,16H2,1-7H3,(H,25,28)(H,26,30). The summed E-state index contributed by atoms with van der Waals surface area (Å²) in [4.78, 5) is 40.5. The summed E-state index contributed by atoms with van der Waals surface area (Å²) >= 11 is 0. The van der Waals surface area contributed by atoms with Crippen LogP contribution in [0.2, 0.25) is 0 Å². The van der Waals surface area contributed by atoms with Crippen LogP contribution < -0.4 is 10.6 Å². The van der Waals surface area contributed by atoms with Crippen LogP contribution in [0.1, 0.15) is 72.9 Å². The van der Waals surface area contributed by atoms with Crippen LogP contribution in [-0.2, 0) is 14.3 Å². The van der Waals surface area contributed by atoms with Crippen LogP contribution in [-0.4, -0.2) is 47.5 Å². The van der Waals surface area contributed by atoms with Crippen molar-refractivity contribution in [3.63, 3.8) is 0 Å². The second-order valence-corrected chi connectivity index (χ2v) is 8.95. The maximum absolute atomic E-state index is 13.5. The first-order valence-corrected chi connectivity index (χ1v) is 11.1. The fourth-order valence-corrected chi connectivity index (χ4v) is 3.19. The highest BCUT2D eigenvalue weighted by Crippen LogP contribution is 2.23. The van der Waals surface area contributed by atoms with Gasteiger partial charge in [0.15, 0.2) is 0 Å². The summed E-state index contributed by atoms with van der Waals surface area (Å²) in [6, 6.07) is 7.64. The van der Waals surface area contributed by atoms with Crippen molar-refractivity contribution in [1.82, 2.24) is 15.5 Å². The molecule has 2 unspecified atom stereocenters. The normalized spacial score (nSPS) is 13.3. The number of nitrogens with zero attached hydrogens (tertiary/aromatic N) is 1. The van der Waals surface area contributed by atoms with E-state index < -0.39 is 23.8 Å². The molecule has 2 atom stereocenters. The van der Waals surface area contributed by atoms with Gasteiger partial charge >= 0.3 is 6.09 Å². The molecule has 0 bridgehead atoms. The molecule has 7 heteroatoms. The molecule has 0 saturated carbocycles. The van der Waals surface area contributed by atoms with Crippen LogP contribution in [0, 0.1) is 5.92 Å². The molecule has 0 aliphatic carbocycles. The third kappa shape index (κ3) is 8.59. The van der Waals surface area contributed by atoms with E-state index in [0.29, 0.717) is 13.1 Å². The number of carbonyl (C=O) groups excluding carboxylic acids is 3.